The van der Waals surface area contributed by atoms with Gasteiger partial charge in [-0.15, -0.1) is 0 Å². The Morgan fingerprint density at radius 3 is 2.80 bits per heavy atom. The van der Waals surface area contributed by atoms with E-state index in [1.807, 2.05) is 18.2 Å². The van der Waals surface area contributed by atoms with Crippen LogP contribution in [-0.2, 0) is 6.54 Å². The predicted octanol–water partition coefficient (Wildman–Crippen LogP) is 1.12. The number of nitrogens with two attached hydrogens (primary N) is 1. The van der Waals surface area contributed by atoms with Crippen LogP contribution in [0.3, 0.4) is 0 Å². The van der Waals surface area contributed by atoms with Gasteiger partial charge >= 0.3 is 0 Å². The van der Waals surface area contributed by atoms with Crippen molar-refractivity contribution in [2.24, 2.45) is 5.73 Å². The minimum Gasteiger partial charge on any atom is -0.496 e. The monoisotopic (exact) mass is 276 g/mol. The second kappa shape index (κ2) is 6.72. The maximum atomic E-state index is 7.54. The van der Waals surface area contributed by atoms with Gasteiger partial charge < -0.3 is 15.4 Å². The summed E-state index contributed by atoms with van der Waals surface area (Å²) in [7, 11) is 3.79. The number of nitrogens with zero attached hydrogens (tertiary/aromatic N) is 2. The zero-order valence-corrected chi connectivity index (χ0v) is 12.4. The van der Waals surface area contributed by atoms with E-state index in [1.165, 1.54) is 18.5 Å². The highest BCUT2D eigenvalue weighted by Gasteiger charge is 2.13. The van der Waals surface area contributed by atoms with Crippen molar-refractivity contribution in [1.82, 2.24) is 9.80 Å². The van der Waals surface area contributed by atoms with Crippen LogP contribution in [0.5, 0.6) is 5.75 Å². The fourth-order valence-electron chi connectivity index (χ4n) is 2.57. The Hall–Kier alpha value is -1.59. The lowest BCUT2D eigenvalue weighted by Crippen LogP contribution is -2.28. The zero-order chi connectivity index (χ0) is 14.5. The number of amidine groups is 1. The quantitative estimate of drug-likeness (QED) is 0.639. The number of ether oxygens (including phenoxy) is 1. The summed E-state index contributed by atoms with van der Waals surface area (Å²) >= 11 is 0. The smallest absolute Gasteiger partial charge is 0.130 e. The molecule has 1 aliphatic heterocycles. The maximum Gasteiger partial charge on any atom is 0.130 e. The lowest BCUT2D eigenvalue weighted by molar-refractivity contribution is 0.269. The van der Waals surface area contributed by atoms with Crippen molar-refractivity contribution in [3.05, 3.63) is 29.3 Å². The molecule has 2 rings (SSSR count). The molecular formula is C15H24N4O. The Morgan fingerprint density at radius 1 is 1.30 bits per heavy atom. The van der Waals surface area contributed by atoms with Crippen LogP contribution >= 0.6 is 0 Å². The largest absolute Gasteiger partial charge is 0.496 e. The maximum absolute atomic E-state index is 7.54. The molecule has 0 atom stereocenters. The molecule has 1 heterocycles. The van der Waals surface area contributed by atoms with E-state index < -0.39 is 0 Å². The van der Waals surface area contributed by atoms with E-state index in [2.05, 4.69) is 16.8 Å². The van der Waals surface area contributed by atoms with Gasteiger partial charge in [-0.05, 0) is 44.3 Å². The van der Waals surface area contributed by atoms with Crippen LogP contribution in [0.1, 0.15) is 17.5 Å². The Labute approximate surface area is 120 Å². The third-order valence-corrected chi connectivity index (χ3v) is 3.77. The van der Waals surface area contributed by atoms with Gasteiger partial charge in [0.2, 0.25) is 0 Å². The summed E-state index contributed by atoms with van der Waals surface area (Å²) in [5.74, 6) is 0.728. The number of methoxy groups -OCH3 is 1. The van der Waals surface area contributed by atoms with Gasteiger partial charge in [-0.2, -0.15) is 0 Å². The van der Waals surface area contributed by atoms with Crippen molar-refractivity contribution < 1.29 is 4.74 Å². The average molecular weight is 276 g/mol. The van der Waals surface area contributed by atoms with E-state index in [0.717, 1.165) is 26.2 Å². The molecule has 1 aromatic rings. The van der Waals surface area contributed by atoms with Crippen molar-refractivity contribution in [3.8, 4) is 5.75 Å². The minimum atomic E-state index is 0.0461. The zero-order valence-electron chi connectivity index (χ0n) is 12.4. The molecule has 0 spiro atoms. The molecule has 1 saturated heterocycles. The Kier molecular flexibility index (Phi) is 4.98. The van der Waals surface area contributed by atoms with Gasteiger partial charge in [0.05, 0.1) is 12.7 Å². The van der Waals surface area contributed by atoms with E-state index in [9.17, 15) is 0 Å². The highest BCUT2D eigenvalue weighted by atomic mass is 16.5. The molecule has 0 aromatic heterocycles. The fraction of sp³-hybridized carbons (Fsp3) is 0.533. The van der Waals surface area contributed by atoms with Crippen molar-refractivity contribution in [3.63, 3.8) is 0 Å². The molecule has 0 aliphatic carbocycles. The Bertz CT molecular complexity index is 475. The first kappa shape index (κ1) is 14.8. The molecule has 3 N–H and O–H groups in total. The SMILES string of the molecule is COc1cc(CN2CCCN(C)CC2)ccc1C(=N)N. The number of rotatable bonds is 4. The lowest BCUT2D eigenvalue weighted by Gasteiger charge is -2.20. The van der Waals surface area contributed by atoms with Crippen LogP contribution in [-0.4, -0.2) is 56.0 Å². The van der Waals surface area contributed by atoms with Gasteiger partial charge in [0.15, 0.2) is 0 Å². The van der Waals surface area contributed by atoms with Crippen LogP contribution in [0, 0.1) is 5.41 Å². The van der Waals surface area contributed by atoms with Gasteiger partial charge in [-0.25, -0.2) is 0 Å². The lowest BCUT2D eigenvalue weighted by atomic mass is 10.1. The molecule has 0 saturated carbocycles. The highest BCUT2D eigenvalue weighted by molar-refractivity contribution is 5.97. The van der Waals surface area contributed by atoms with Crippen LogP contribution in [0.2, 0.25) is 0 Å². The molecule has 1 fully saturated rings. The summed E-state index contributed by atoms with van der Waals surface area (Å²) in [5, 5.41) is 7.54. The number of nitrogens with one attached hydrogen (secondary N) is 1. The van der Waals surface area contributed by atoms with Gasteiger partial charge in [0.25, 0.3) is 0 Å². The molecular weight excluding hydrogens is 252 g/mol. The second-order valence-corrected chi connectivity index (χ2v) is 5.38. The summed E-state index contributed by atoms with van der Waals surface area (Å²) in [4.78, 5) is 4.84. The van der Waals surface area contributed by atoms with Crippen molar-refractivity contribution in [2.75, 3.05) is 40.3 Å². The Balaban J connectivity index is 2.07. The van der Waals surface area contributed by atoms with E-state index in [-0.39, 0.29) is 5.84 Å². The van der Waals surface area contributed by atoms with E-state index in [1.54, 1.807) is 7.11 Å². The van der Waals surface area contributed by atoms with Crippen LogP contribution in [0.4, 0.5) is 0 Å². The Morgan fingerprint density at radius 2 is 2.10 bits per heavy atom. The summed E-state index contributed by atoms with van der Waals surface area (Å²) in [5.41, 5.74) is 7.41. The molecule has 1 aliphatic rings. The average Bonchev–Trinajstić information content (AvgIpc) is 2.63. The summed E-state index contributed by atoms with van der Waals surface area (Å²) in [6.07, 6.45) is 1.21. The molecule has 0 amide bonds. The van der Waals surface area contributed by atoms with Crippen LogP contribution in [0.25, 0.3) is 0 Å². The van der Waals surface area contributed by atoms with Gasteiger partial charge in [0, 0.05) is 19.6 Å². The fourth-order valence-corrected chi connectivity index (χ4v) is 2.57. The van der Waals surface area contributed by atoms with Crippen molar-refractivity contribution in [2.45, 2.75) is 13.0 Å². The van der Waals surface area contributed by atoms with Gasteiger partial charge in [-0.3, -0.25) is 10.3 Å². The van der Waals surface area contributed by atoms with E-state index in [0.29, 0.717) is 11.3 Å². The molecule has 0 unspecified atom stereocenters. The number of benzene rings is 1. The second-order valence-electron chi connectivity index (χ2n) is 5.38. The molecule has 0 bridgehead atoms. The molecule has 1 aromatic carbocycles. The molecule has 110 valence electrons. The summed E-state index contributed by atoms with van der Waals surface area (Å²) < 4.78 is 5.33. The number of hydrogen-bond acceptors (Lipinski definition) is 4. The van der Waals surface area contributed by atoms with E-state index in [4.69, 9.17) is 15.9 Å². The topological polar surface area (TPSA) is 65.6 Å². The summed E-state index contributed by atoms with van der Waals surface area (Å²) in [6, 6.07) is 5.90. The first-order valence-electron chi connectivity index (χ1n) is 7.02. The molecule has 5 heteroatoms. The van der Waals surface area contributed by atoms with Gasteiger partial charge in [0.1, 0.15) is 11.6 Å². The third-order valence-electron chi connectivity index (χ3n) is 3.77. The number of likely N-dealkylation sites (N-methyl/N-ethyl adjacent to an activating group) is 1. The standard InChI is InChI=1S/C15H24N4O/c1-18-6-3-7-19(9-8-18)11-12-4-5-13(15(16)17)14(10-12)20-2/h4-5,10H,3,6-9,11H2,1-2H3,(H3,16,17). The molecule has 0 radical (unpaired) electrons. The molecule has 5 nitrogen and oxygen atoms in total. The highest BCUT2D eigenvalue weighted by Crippen LogP contribution is 2.21. The van der Waals surface area contributed by atoms with Crippen molar-refractivity contribution >= 4 is 5.84 Å². The van der Waals surface area contributed by atoms with Crippen LogP contribution in [0.15, 0.2) is 18.2 Å². The third kappa shape index (κ3) is 3.71. The first-order valence-corrected chi connectivity index (χ1v) is 7.02. The van der Waals surface area contributed by atoms with E-state index >= 15 is 0 Å². The number of hydrogen-bond donors (Lipinski definition) is 2. The predicted molar refractivity (Wildman–Crippen MR) is 81.4 cm³/mol. The normalized spacial score (nSPS) is 17.7. The number of nitrogen functional groups attached to an aromatic ring is 1. The first-order chi connectivity index (χ1) is 9.60. The van der Waals surface area contributed by atoms with Crippen LogP contribution < -0.4 is 10.5 Å². The summed E-state index contributed by atoms with van der Waals surface area (Å²) in [6.45, 7) is 5.42. The molecule has 20 heavy (non-hydrogen) atoms. The van der Waals surface area contributed by atoms with Gasteiger partial charge in [-0.1, -0.05) is 6.07 Å². The minimum absolute atomic E-state index is 0.0461. The van der Waals surface area contributed by atoms with Crippen molar-refractivity contribution in [1.29, 1.82) is 5.41 Å².